The molecule has 1 aromatic heterocycles. The van der Waals surface area contributed by atoms with E-state index in [9.17, 15) is 35.3 Å². The molecular formula is C31H33F7N3O2PS. The number of nitrogens with zero attached hydrogens (tertiary/aromatic N) is 1. The van der Waals surface area contributed by atoms with Gasteiger partial charge in [0.05, 0.1) is 40.0 Å². The number of anilines is 2. The standard InChI is InChI=1S/C31H33F7N3O2PS/c1-41-14-12-24(23(32)19-41)40-26-8-5-7-21-22(18-30(33,34)35)28(45-29(21)26)9-6-13-39-25-11-10-20(17-27(25)43-31(36,37)38)44(42)15-3-2-4-16-44/h5,7-8,10-11,17,23-24,39-40H,2-4,12-16,18-19H2,1H3. The van der Waals surface area contributed by atoms with Gasteiger partial charge in [-0.3, -0.25) is 0 Å². The fraction of sp³-hybridized carbons (Fsp3) is 0.484. The van der Waals surface area contributed by atoms with Crippen molar-refractivity contribution in [2.45, 2.75) is 56.9 Å². The molecule has 0 saturated carbocycles. The number of thiophene rings is 1. The van der Waals surface area contributed by atoms with Gasteiger partial charge in [-0.2, -0.15) is 13.2 Å². The zero-order valence-corrected chi connectivity index (χ0v) is 26.2. The lowest BCUT2D eigenvalue weighted by atomic mass is 10.0. The van der Waals surface area contributed by atoms with Gasteiger partial charge in [-0.1, -0.05) is 30.4 Å². The molecule has 45 heavy (non-hydrogen) atoms. The third kappa shape index (κ3) is 8.46. The lowest BCUT2D eigenvalue weighted by molar-refractivity contribution is -0.274. The predicted octanol–water partition coefficient (Wildman–Crippen LogP) is 7.99. The Morgan fingerprint density at radius 3 is 2.51 bits per heavy atom. The van der Waals surface area contributed by atoms with Crippen LogP contribution in [0, 0.1) is 11.8 Å². The van der Waals surface area contributed by atoms with Crippen molar-refractivity contribution in [3.05, 3.63) is 46.8 Å². The lowest BCUT2D eigenvalue weighted by Crippen LogP contribution is -2.46. The maximum Gasteiger partial charge on any atom is 0.573 e. The van der Waals surface area contributed by atoms with Crippen LogP contribution in [0.15, 0.2) is 36.4 Å². The van der Waals surface area contributed by atoms with Crippen LogP contribution >= 0.6 is 18.5 Å². The first kappa shape index (κ1) is 33.4. The monoisotopic (exact) mass is 675 g/mol. The molecule has 244 valence electrons. The molecule has 0 amide bonds. The molecule has 2 fully saturated rings. The molecule has 2 saturated heterocycles. The Bertz CT molecular complexity index is 1620. The fourth-order valence-electron chi connectivity index (χ4n) is 5.84. The predicted molar refractivity (Wildman–Crippen MR) is 165 cm³/mol. The number of likely N-dealkylation sites (tertiary alicyclic amines) is 1. The fourth-order valence-corrected chi connectivity index (χ4v) is 9.92. The summed E-state index contributed by atoms with van der Waals surface area (Å²) < 4.78 is 113. The van der Waals surface area contributed by atoms with Crippen LogP contribution in [0.5, 0.6) is 5.75 Å². The number of fused-ring (bicyclic) bond motifs is 1. The average molecular weight is 676 g/mol. The van der Waals surface area contributed by atoms with E-state index in [-0.39, 0.29) is 29.2 Å². The molecule has 2 aliphatic rings. The van der Waals surface area contributed by atoms with Crippen molar-refractivity contribution in [2.24, 2.45) is 0 Å². The molecule has 2 unspecified atom stereocenters. The molecular weight excluding hydrogens is 642 g/mol. The molecule has 0 bridgehead atoms. The molecule has 2 aliphatic heterocycles. The average Bonchev–Trinajstić information content (AvgIpc) is 3.29. The highest BCUT2D eigenvalue weighted by molar-refractivity contribution is 7.71. The van der Waals surface area contributed by atoms with Crippen molar-refractivity contribution in [1.29, 1.82) is 0 Å². The highest BCUT2D eigenvalue weighted by Gasteiger charge is 2.35. The van der Waals surface area contributed by atoms with Gasteiger partial charge in [0.15, 0.2) is 5.75 Å². The summed E-state index contributed by atoms with van der Waals surface area (Å²) in [4.78, 5) is 2.04. The second-order valence-corrected chi connectivity index (χ2v) is 15.7. The summed E-state index contributed by atoms with van der Waals surface area (Å²) in [5, 5.41) is 6.62. The Kier molecular flexibility index (Phi) is 9.97. The van der Waals surface area contributed by atoms with Gasteiger partial charge >= 0.3 is 12.5 Å². The minimum Gasteiger partial charge on any atom is -0.404 e. The van der Waals surface area contributed by atoms with E-state index in [1.165, 1.54) is 12.1 Å². The van der Waals surface area contributed by atoms with Gasteiger partial charge in [0.1, 0.15) is 13.3 Å². The number of alkyl halides is 7. The van der Waals surface area contributed by atoms with Crippen LogP contribution in [0.25, 0.3) is 10.1 Å². The van der Waals surface area contributed by atoms with Crippen LogP contribution in [0.2, 0.25) is 0 Å². The molecule has 3 heterocycles. The first-order chi connectivity index (χ1) is 21.2. The van der Waals surface area contributed by atoms with Crippen LogP contribution < -0.4 is 20.7 Å². The van der Waals surface area contributed by atoms with Gasteiger partial charge in [-0.25, -0.2) is 4.39 Å². The van der Waals surface area contributed by atoms with Crippen molar-refractivity contribution in [3.63, 3.8) is 0 Å². The van der Waals surface area contributed by atoms with E-state index in [1.54, 1.807) is 18.2 Å². The SMILES string of the molecule is CN1CCC(Nc2cccc3c(CC(F)(F)F)c(C#CCNc4ccc(P5(=O)CCCCC5)cc4OC(F)(F)F)sc23)C(F)C1. The van der Waals surface area contributed by atoms with Gasteiger partial charge in [0.25, 0.3) is 0 Å². The number of hydrogen-bond donors (Lipinski definition) is 2. The highest BCUT2D eigenvalue weighted by Crippen LogP contribution is 2.50. The van der Waals surface area contributed by atoms with E-state index in [4.69, 9.17) is 0 Å². The maximum absolute atomic E-state index is 14.7. The number of piperidine rings is 1. The second-order valence-electron chi connectivity index (χ2n) is 11.5. The molecule has 0 aliphatic carbocycles. The summed E-state index contributed by atoms with van der Waals surface area (Å²) in [6.45, 7) is 0.730. The molecule has 5 nitrogen and oxygen atoms in total. The van der Waals surface area contributed by atoms with Crippen molar-refractivity contribution >= 4 is 45.2 Å². The van der Waals surface area contributed by atoms with Crippen LogP contribution in [0.1, 0.15) is 36.1 Å². The summed E-state index contributed by atoms with van der Waals surface area (Å²) in [7, 11) is -1.01. The molecule has 2 N–H and O–H groups in total. The maximum atomic E-state index is 14.7. The van der Waals surface area contributed by atoms with Gasteiger partial charge in [0.2, 0.25) is 0 Å². The first-order valence-electron chi connectivity index (χ1n) is 14.6. The largest absolute Gasteiger partial charge is 0.573 e. The van der Waals surface area contributed by atoms with Gasteiger partial charge in [0, 0.05) is 30.7 Å². The molecule has 5 rings (SSSR count). The minimum atomic E-state index is -4.99. The van der Waals surface area contributed by atoms with Gasteiger partial charge in [-0.15, -0.1) is 24.5 Å². The Morgan fingerprint density at radius 2 is 1.82 bits per heavy atom. The summed E-state index contributed by atoms with van der Waals surface area (Å²) in [5.41, 5.74) is 0.475. The number of benzene rings is 2. The second kappa shape index (κ2) is 13.4. The number of rotatable bonds is 7. The summed E-state index contributed by atoms with van der Waals surface area (Å²) in [6, 6.07) is 8.45. The number of ether oxygens (including phenoxy) is 1. The zero-order chi connectivity index (χ0) is 32.4. The van der Waals surface area contributed by atoms with E-state index in [0.29, 0.717) is 46.4 Å². The van der Waals surface area contributed by atoms with Crippen LogP contribution in [-0.4, -0.2) is 68.7 Å². The highest BCUT2D eigenvalue weighted by atomic mass is 32.1. The Hall–Kier alpha value is -2.94. The van der Waals surface area contributed by atoms with E-state index < -0.39 is 44.1 Å². The quantitative estimate of drug-likeness (QED) is 0.151. The minimum absolute atomic E-state index is 0.0125. The topological polar surface area (TPSA) is 53.6 Å². The third-order valence-electron chi connectivity index (χ3n) is 8.05. The van der Waals surface area contributed by atoms with Crippen LogP contribution in [0.3, 0.4) is 0 Å². The summed E-state index contributed by atoms with van der Waals surface area (Å²) in [5.74, 6) is 4.95. The molecule has 3 aromatic rings. The molecule has 2 aromatic carbocycles. The van der Waals surface area contributed by atoms with E-state index in [0.717, 1.165) is 36.7 Å². The Morgan fingerprint density at radius 1 is 1.07 bits per heavy atom. The molecule has 0 spiro atoms. The molecule has 14 heteroatoms. The normalized spacial score (nSPS) is 20.8. The Balaban J connectivity index is 1.40. The van der Waals surface area contributed by atoms with Gasteiger partial charge < -0.3 is 24.8 Å². The van der Waals surface area contributed by atoms with Crippen LogP contribution in [-0.2, 0) is 11.0 Å². The molecule has 2 atom stereocenters. The van der Waals surface area contributed by atoms with Crippen molar-refractivity contribution in [1.82, 2.24) is 4.90 Å². The number of halogens is 7. The Labute approximate surface area is 260 Å². The van der Waals surface area contributed by atoms with E-state index in [2.05, 4.69) is 27.2 Å². The zero-order valence-electron chi connectivity index (χ0n) is 24.5. The van der Waals surface area contributed by atoms with Crippen molar-refractivity contribution in [2.75, 3.05) is 49.6 Å². The number of nitrogens with one attached hydrogen (secondary N) is 2. The lowest BCUT2D eigenvalue weighted by Gasteiger charge is -2.33. The third-order valence-corrected chi connectivity index (χ3v) is 12.5. The van der Waals surface area contributed by atoms with Crippen molar-refractivity contribution in [3.8, 4) is 17.6 Å². The number of hydrogen-bond acceptors (Lipinski definition) is 6. The molecule has 0 radical (unpaired) electrons. The smallest absolute Gasteiger partial charge is 0.404 e. The van der Waals surface area contributed by atoms with Gasteiger partial charge in [-0.05, 0) is 61.5 Å². The van der Waals surface area contributed by atoms with Crippen LogP contribution in [0.4, 0.5) is 42.1 Å². The summed E-state index contributed by atoms with van der Waals surface area (Å²) >= 11 is 1.05. The van der Waals surface area contributed by atoms with E-state index >= 15 is 0 Å². The van der Waals surface area contributed by atoms with Crippen molar-refractivity contribution < 1.29 is 40.0 Å². The summed E-state index contributed by atoms with van der Waals surface area (Å²) in [6.07, 6.45) is -8.10. The first-order valence-corrected chi connectivity index (χ1v) is 17.5. The van der Waals surface area contributed by atoms with E-state index in [1.807, 2.05) is 11.9 Å².